The fourth-order valence-electron chi connectivity index (χ4n) is 0.868. The van der Waals surface area contributed by atoms with E-state index in [1.807, 2.05) is 14.0 Å². The van der Waals surface area contributed by atoms with Crippen LogP contribution in [-0.2, 0) is 7.05 Å². The molecule has 0 atom stereocenters. The Kier molecular flexibility index (Phi) is 1.49. The second kappa shape index (κ2) is 2.17. The van der Waals surface area contributed by atoms with Gasteiger partial charge in [-0.3, -0.25) is 9.48 Å². The van der Waals surface area contributed by atoms with Crippen LogP contribution in [0.5, 0.6) is 0 Å². The van der Waals surface area contributed by atoms with E-state index in [4.69, 9.17) is 0 Å². The molecule has 0 fully saturated rings. The molecular formula is C7H10N2O. The molecule has 0 N–H and O–H groups in total. The van der Waals surface area contributed by atoms with Crippen molar-refractivity contribution in [3.05, 3.63) is 28.7 Å². The molecule has 0 amide bonds. The summed E-state index contributed by atoms with van der Waals surface area (Å²) in [7, 11) is 1.82. The van der Waals surface area contributed by atoms with Gasteiger partial charge in [0.1, 0.15) is 0 Å². The van der Waals surface area contributed by atoms with Gasteiger partial charge in [-0.1, -0.05) is 6.58 Å². The average Bonchev–Trinajstić information content (AvgIpc) is 2.09. The zero-order chi connectivity index (χ0) is 7.72. The average molecular weight is 138 g/mol. The van der Waals surface area contributed by atoms with Crippen LogP contribution in [0, 0.1) is 6.92 Å². The van der Waals surface area contributed by atoms with Crippen LogP contribution in [0.15, 0.2) is 17.4 Å². The first-order chi connectivity index (χ1) is 4.66. The van der Waals surface area contributed by atoms with Crippen molar-refractivity contribution in [3.63, 3.8) is 0 Å². The van der Waals surface area contributed by atoms with Crippen LogP contribution in [0.2, 0.25) is 0 Å². The van der Waals surface area contributed by atoms with E-state index in [-0.39, 0.29) is 5.56 Å². The van der Waals surface area contributed by atoms with Crippen LogP contribution in [-0.4, -0.2) is 9.36 Å². The summed E-state index contributed by atoms with van der Waals surface area (Å²) in [6.45, 7) is 5.38. The van der Waals surface area contributed by atoms with Crippen molar-refractivity contribution in [1.29, 1.82) is 0 Å². The Morgan fingerprint density at radius 1 is 1.70 bits per heavy atom. The zero-order valence-corrected chi connectivity index (χ0v) is 6.16. The predicted molar refractivity (Wildman–Crippen MR) is 40.8 cm³/mol. The molecule has 54 valence electrons. The summed E-state index contributed by atoms with van der Waals surface area (Å²) in [4.78, 5) is 11.0. The van der Waals surface area contributed by atoms with Gasteiger partial charge in [0.05, 0.1) is 0 Å². The Bertz CT molecular complexity index is 306. The Morgan fingerprint density at radius 3 is 2.50 bits per heavy atom. The standard InChI is InChI=1S/C7H10N2O/c1-4-9-7(10)5-6(2)8(9)3/h4-5H,1H2,2-3H3. The maximum absolute atomic E-state index is 11.0. The minimum absolute atomic E-state index is 0.0324. The maximum Gasteiger partial charge on any atom is 0.271 e. The van der Waals surface area contributed by atoms with Crippen LogP contribution >= 0.6 is 0 Å². The number of hydrogen-bond acceptors (Lipinski definition) is 1. The third kappa shape index (κ3) is 0.795. The molecule has 3 heteroatoms. The molecule has 1 aromatic rings. The molecule has 1 heterocycles. The largest absolute Gasteiger partial charge is 0.286 e. The molecule has 0 aromatic carbocycles. The van der Waals surface area contributed by atoms with E-state index in [0.717, 1.165) is 5.69 Å². The first kappa shape index (κ1) is 6.86. The molecule has 0 radical (unpaired) electrons. The van der Waals surface area contributed by atoms with Crippen molar-refractivity contribution in [3.8, 4) is 0 Å². The highest BCUT2D eigenvalue weighted by Gasteiger charge is 1.98. The van der Waals surface area contributed by atoms with Gasteiger partial charge in [0, 0.05) is 25.0 Å². The highest BCUT2D eigenvalue weighted by atomic mass is 16.1. The van der Waals surface area contributed by atoms with E-state index in [1.165, 1.54) is 10.9 Å². The predicted octanol–water partition coefficient (Wildman–Crippen LogP) is 0.596. The fraction of sp³-hybridized carbons (Fsp3) is 0.286. The molecule has 0 aliphatic carbocycles. The topological polar surface area (TPSA) is 26.9 Å². The summed E-state index contributed by atoms with van der Waals surface area (Å²) < 4.78 is 3.20. The molecule has 10 heavy (non-hydrogen) atoms. The summed E-state index contributed by atoms with van der Waals surface area (Å²) in [5.74, 6) is 0. The summed E-state index contributed by atoms with van der Waals surface area (Å²) in [5.41, 5.74) is 0.903. The van der Waals surface area contributed by atoms with Crippen molar-refractivity contribution in [1.82, 2.24) is 9.36 Å². The molecule has 0 aliphatic rings. The molecule has 0 bridgehead atoms. The van der Waals surface area contributed by atoms with E-state index in [2.05, 4.69) is 6.58 Å². The molecule has 0 unspecified atom stereocenters. The molecule has 3 nitrogen and oxygen atoms in total. The van der Waals surface area contributed by atoms with Gasteiger partial charge in [0.2, 0.25) is 0 Å². The molecule has 0 spiro atoms. The van der Waals surface area contributed by atoms with E-state index in [0.29, 0.717) is 0 Å². The molecule has 0 saturated carbocycles. The fourth-order valence-corrected chi connectivity index (χ4v) is 0.868. The van der Waals surface area contributed by atoms with E-state index >= 15 is 0 Å². The Morgan fingerprint density at radius 2 is 2.30 bits per heavy atom. The SMILES string of the molecule is C=Cn1c(=O)cc(C)n1C. The summed E-state index contributed by atoms with van der Waals surface area (Å²) in [6, 6.07) is 1.57. The lowest BCUT2D eigenvalue weighted by Crippen LogP contribution is -2.14. The molecule has 1 aromatic heterocycles. The van der Waals surface area contributed by atoms with Gasteiger partial charge in [-0.05, 0) is 6.92 Å². The smallest absolute Gasteiger partial charge is 0.271 e. The van der Waals surface area contributed by atoms with Gasteiger partial charge in [-0.15, -0.1) is 0 Å². The maximum atomic E-state index is 11.0. The minimum atomic E-state index is -0.0324. The van der Waals surface area contributed by atoms with E-state index in [1.54, 1.807) is 10.7 Å². The highest BCUT2D eigenvalue weighted by Crippen LogP contribution is 1.90. The summed E-state index contributed by atoms with van der Waals surface area (Å²) in [6.07, 6.45) is 1.50. The minimum Gasteiger partial charge on any atom is -0.286 e. The first-order valence-corrected chi connectivity index (χ1v) is 3.04. The van der Waals surface area contributed by atoms with Gasteiger partial charge in [0.15, 0.2) is 0 Å². The van der Waals surface area contributed by atoms with E-state index in [9.17, 15) is 4.79 Å². The highest BCUT2D eigenvalue weighted by molar-refractivity contribution is 5.16. The van der Waals surface area contributed by atoms with Crippen LogP contribution in [0.1, 0.15) is 5.69 Å². The zero-order valence-electron chi connectivity index (χ0n) is 6.16. The third-order valence-electron chi connectivity index (χ3n) is 1.56. The molecule has 0 saturated heterocycles. The number of rotatable bonds is 1. The van der Waals surface area contributed by atoms with Gasteiger partial charge in [0.25, 0.3) is 5.56 Å². The second-order valence-electron chi connectivity index (χ2n) is 2.17. The molecule has 1 rings (SSSR count). The Balaban J connectivity index is 3.48. The van der Waals surface area contributed by atoms with Crippen molar-refractivity contribution in [2.75, 3.05) is 0 Å². The van der Waals surface area contributed by atoms with Crippen molar-refractivity contribution in [2.24, 2.45) is 7.05 Å². The summed E-state index contributed by atoms with van der Waals surface area (Å²) in [5, 5.41) is 0. The number of aromatic nitrogens is 2. The molecular weight excluding hydrogens is 128 g/mol. The van der Waals surface area contributed by atoms with Crippen LogP contribution in [0.3, 0.4) is 0 Å². The van der Waals surface area contributed by atoms with Gasteiger partial charge in [-0.2, -0.15) is 0 Å². The Hall–Kier alpha value is -1.25. The van der Waals surface area contributed by atoms with Crippen molar-refractivity contribution < 1.29 is 0 Å². The monoisotopic (exact) mass is 138 g/mol. The Labute approximate surface area is 59.2 Å². The van der Waals surface area contributed by atoms with Crippen LogP contribution < -0.4 is 5.56 Å². The third-order valence-corrected chi connectivity index (χ3v) is 1.56. The van der Waals surface area contributed by atoms with E-state index < -0.39 is 0 Å². The molecule has 0 aliphatic heterocycles. The number of hydrogen-bond donors (Lipinski definition) is 0. The van der Waals surface area contributed by atoms with Crippen LogP contribution in [0.4, 0.5) is 0 Å². The quantitative estimate of drug-likeness (QED) is 0.558. The van der Waals surface area contributed by atoms with Crippen molar-refractivity contribution >= 4 is 6.20 Å². The summed E-state index contributed by atoms with van der Waals surface area (Å²) >= 11 is 0. The van der Waals surface area contributed by atoms with Crippen molar-refractivity contribution in [2.45, 2.75) is 6.92 Å². The second-order valence-corrected chi connectivity index (χ2v) is 2.17. The van der Waals surface area contributed by atoms with Gasteiger partial charge < -0.3 is 0 Å². The lowest BCUT2D eigenvalue weighted by atomic mass is 10.5. The first-order valence-electron chi connectivity index (χ1n) is 3.04. The normalized spacial score (nSPS) is 9.80. The number of aryl methyl sites for hydroxylation is 1. The lowest BCUT2D eigenvalue weighted by Gasteiger charge is -2.00. The van der Waals surface area contributed by atoms with Crippen LogP contribution in [0.25, 0.3) is 6.20 Å². The number of nitrogens with zero attached hydrogens (tertiary/aromatic N) is 2. The van der Waals surface area contributed by atoms with Gasteiger partial charge >= 0.3 is 0 Å². The lowest BCUT2D eigenvalue weighted by molar-refractivity contribution is 0.655. The van der Waals surface area contributed by atoms with Gasteiger partial charge in [-0.25, -0.2) is 4.68 Å².